The number of hydrogen-bond donors (Lipinski definition) is 2. The van der Waals surface area contributed by atoms with Gasteiger partial charge in [-0.15, -0.1) is 0 Å². The van der Waals surface area contributed by atoms with Gasteiger partial charge in [-0.25, -0.2) is 9.59 Å². The fourth-order valence-electron chi connectivity index (χ4n) is 3.17. The molecule has 0 saturated carbocycles. The van der Waals surface area contributed by atoms with E-state index in [4.69, 9.17) is 5.11 Å². The van der Waals surface area contributed by atoms with E-state index in [0.29, 0.717) is 6.54 Å². The second kappa shape index (κ2) is 10.4. The van der Waals surface area contributed by atoms with E-state index in [1.165, 1.54) is 0 Å². The Bertz CT molecular complexity index is 813. The molecule has 6 heteroatoms. The Morgan fingerprint density at radius 3 is 2.55 bits per heavy atom. The van der Waals surface area contributed by atoms with Crippen LogP contribution in [-0.2, 0) is 9.59 Å². The number of rotatable bonds is 8. The molecule has 0 aliphatic heterocycles. The summed E-state index contributed by atoms with van der Waals surface area (Å²) in [5.74, 6) is -1.98. The van der Waals surface area contributed by atoms with Crippen molar-refractivity contribution in [1.82, 2.24) is 10.2 Å². The maximum atomic E-state index is 12.7. The number of amides is 3. The molecule has 2 unspecified atom stereocenters. The fraction of sp³-hybridized carbons (Fsp3) is 0.348. The number of carboxylic acid groups (broad SMARTS) is 1. The molecule has 2 atom stereocenters. The number of benzene rings is 1. The third-order valence-electron chi connectivity index (χ3n) is 5.01. The van der Waals surface area contributed by atoms with Crippen LogP contribution in [0.1, 0.15) is 38.2 Å². The van der Waals surface area contributed by atoms with E-state index in [1.54, 1.807) is 0 Å². The molecule has 2 rings (SSSR count). The van der Waals surface area contributed by atoms with Gasteiger partial charge >= 0.3 is 12.0 Å². The predicted octanol–water partition coefficient (Wildman–Crippen LogP) is 3.88. The average Bonchev–Trinajstić information content (AvgIpc) is 2.71. The zero-order valence-electron chi connectivity index (χ0n) is 16.9. The van der Waals surface area contributed by atoms with Crippen molar-refractivity contribution in [3.05, 3.63) is 72.4 Å². The molecule has 0 saturated heterocycles. The average molecular weight is 396 g/mol. The van der Waals surface area contributed by atoms with Crippen LogP contribution in [0.25, 0.3) is 0 Å². The highest BCUT2D eigenvalue weighted by Gasteiger charge is 2.25. The number of aliphatic carboxylic acids is 1. The van der Waals surface area contributed by atoms with Gasteiger partial charge in [0.1, 0.15) is 0 Å². The molecule has 0 aromatic heterocycles. The molecule has 1 aromatic rings. The molecule has 1 aliphatic rings. The molecular weight excluding hydrogens is 368 g/mol. The second-order valence-electron chi connectivity index (χ2n) is 7.56. The minimum absolute atomic E-state index is 0.0303. The monoisotopic (exact) mass is 396 g/mol. The molecule has 1 aromatic carbocycles. The molecule has 29 heavy (non-hydrogen) atoms. The van der Waals surface area contributed by atoms with Crippen molar-refractivity contribution in [3.63, 3.8) is 0 Å². The Hall–Kier alpha value is -3.15. The van der Waals surface area contributed by atoms with Crippen LogP contribution in [0, 0.1) is 5.41 Å². The standard InChI is InChI=1S/C23H28N2O4/c1-18(19-9-5-3-6-10-19)17-25(20(26)11-12-21(27)28)22(29)24-16-15-23(2)13-7-4-8-14-23/h3-13,18H,14-17H2,1-2H3,(H,24,29)(H,27,28)/b12-11+. The zero-order chi connectivity index (χ0) is 21.3. The Kier molecular flexibility index (Phi) is 7.95. The van der Waals surface area contributed by atoms with Gasteiger partial charge in [0.2, 0.25) is 0 Å². The van der Waals surface area contributed by atoms with Crippen molar-refractivity contribution in [3.8, 4) is 0 Å². The summed E-state index contributed by atoms with van der Waals surface area (Å²) < 4.78 is 0. The first-order valence-corrected chi connectivity index (χ1v) is 9.70. The summed E-state index contributed by atoms with van der Waals surface area (Å²) in [6.07, 6.45) is 11.5. The molecule has 6 nitrogen and oxygen atoms in total. The second-order valence-corrected chi connectivity index (χ2v) is 7.56. The van der Waals surface area contributed by atoms with Crippen molar-refractivity contribution < 1.29 is 19.5 Å². The lowest BCUT2D eigenvalue weighted by atomic mass is 9.81. The number of imide groups is 1. The number of hydrogen-bond acceptors (Lipinski definition) is 3. The number of carbonyl (C=O) groups is 3. The van der Waals surface area contributed by atoms with E-state index in [0.717, 1.165) is 35.5 Å². The van der Waals surface area contributed by atoms with Crippen LogP contribution in [0.15, 0.2) is 66.8 Å². The van der Waals surface area contributed by atoms with Crippen LogP contribution in [0.3, 0.4) is 0 Å². The lowest BCUT2D eigenvalue weighted by Gasteiger charge is -2.28. The summed E-state index contributed by atoms with van der Waals surface area (Å²) in [5.41, 5.74) is 0.962. The number of urea groups is 1. The lowest BCUT2D eigenvalue weighted by Crippen LogP contribution is -2.45. The fourth-order valence-corrected chi connectivity index (χ4v) is 3.17. The SMILES string of the molecule is CC(CN(C(=O)/C=C/C(=O)O)C(=O)NCCC1(C)C=CC=CC1)c1ccccc1. The van der Waals surface area contributed by atoms with Crippen LogP contribution in [0.5, 0.6) is 0 Å². The van der Waals surface area contributed by atoms with Crippen LogP contribution in [0.2, 0.25) is 0 Å². The topological polar surface area (TPSA) is 86.7 Å². The van der Waals surface area contributed by atoms with E-state index in [2.05, 4.69) is 24.4 Å². The van der Waals surface area contributed by atoms with Gasteiger partial charge in [-0.2, -0.15) is 0 Å². The molecule has 2 N–H and O–H groups in total. The van der Waals surface area contributed by atoms with E-state index in [9.17, 15) is 14.4 Å². The minimum Gasteiger partial charge on any atom is -0.478 e. The highest BCUT2D eigenvalue weighted by molar-refractivity contribution is 6.02. The quantitative estimate of drug-likeness (QED) is 0.653. The Labute approximate surface area is 171 Å². The summed E-state index contributed by atoms with van der Waals surface area (Å²) in [4.78, 5) is 37.0. The normalized spacial score (nSPS) is 19.1. The molecule has 0 bridgehead atoms. The van der Waals surface area contributed by atoms with Crippen molar-refractivity contribution in [2.45, 2.75) is 32.6 Å². The van der Waals surface area contributed by atoms with Gasteiger partial charge in [0.15, 0.2) is 0 Å². The zero-order valence-corrected chi connectivity index (χ0v) is 16.9. The first-order chi connectivity index (χ1) is 13.8. The summed E-state index contributed by atoms with van der Waals surface area (Å²) in [6, 6.07) is 9.04. The van der Waals surface area contributed by atoms with Gasteiger partial charge in [-0.1, -0.05) is 68.5 Å². The number of allylic oxidation sites excluding steroid dienone is 4. The van der Waals surface area contributed by atoms with Gasteiger partial charge in [0.05, 0.1) is 0 Å². The first kappa shape index (κ1) is 22.1. The predicted molar refractivity (Wildman–Crippen MR) is 112 cm³/mol. The van der Waals surface area contributed by atoms with Gasteiger partial charge in [0.25, 0.3) is 5.91 Å². The number of carboxylic acids is 1. The third kappa shape index (κ3) is 7.07. The maximum Gasteiger partial charge on any atom is 0.328 e. The first-order valence-electron chi connectivity index (χ1n) is 9.70. The molecular formula is C23H28N2O4. The number of nitrogens with zero attached hydrogens (tertiary/aromatic N) is 1. The van der Waals surface area contributed by atoms with Gasteiger partial charge in [-0.05, 0) is 29.7 Å². The lowest BCUT2D eigenvalue weighted by molar-refractivity contribution is -0.132. The molecule has 154 valence electrons. The summed E-state index contributed by atoms with van der Waals surface area (Å²) in [6.45, 7) is 4.61. The summed E-state index contributed by atoms with van der Waals surface area (Å²) in [7, 11) is 0. The number of nitrogens with one attached hydrogen (secondary N) is 1. The maximum absolute atomic E-state index is 12.7. The van der Waals surface area contributed by atoms with Gasteiger partial charge in [0, 0.05) is 25.2 Å². The highest BCUT2D eigenvalue weighted by Crippen LogP contribution is 2.30. The highest BCUT2D eigenvalue weighted by atomic mass is 16.4. The summed E-state index contributed by atoms with van der Waals surface area (Å²) in [5, 5.41) is 11.6. The molecule has 0 radical (unpaired) electrons. The van der Waals surface area contributed by atoms with E-state index >= 15 is 0 Å². The largest absolute Gasteiger partial charge is 0.478 e. The molecule has 1 aliphatic carbocycles. The summed E-state index contributed by atoms with van der Waals surface area (Å²) >= 11 is 0. The molecule has 3 amide bonds. The van der Waals surface area contributed by atoms with Gasteiger partial charge in [-0.3, -0.25) is 9.69 Å². The van der Waals surface area contributed by atoms with Crippen molar-refractivity contribution in [1.29, 1.82) is 0 Å². The Balaban J connectivity index is 2.03. The third-order valence-corrected chi connectivity index (χ3v) is 5.01. The van der Waals surface area contributed by atoms with E-state index in [1.807, 2.05) is 49.4 Å². The molecule has 0 heterocycles. The van der Waals surface area contributed by atoms with Crippen LogP contribution in [-0.4, -0.2) is 41.0 Å². The molecule has 0 spiro atoms. The van der Waals surface area contributed by atoms with Crippen LogP contribution < -0.4 is 5.32 Å². The van der Waals surface area contributed by atoms with Crippen molar-refractivity contribution in [2.75, 3.05) is 13.1 Å². The molecule has 0 fully saturated rings. The minimum atomic E-state index is -1.24. The smallest absolute Gasteiger partial charge is 0.328 e. The van der Waals surface area contributed by atoms with Crippen molar-refractivity contribution in [2.24, 2.45) is 5.41 Å². The van der Waals surface area contributed by atoms with Crippen LogP contribution >= 0.6 is 0 Å². The van der Waals surface area contributed by atoms with Crippen LogP contribution in [0.4, 0.5) is 4.79 Å². The van der Waals surface area contributed by atoms with Gasteiger partial charge < -0.3 is 10.4 Å². The van der Waals surface area contributed by atoms with Crippen molar-refractivity contribution >= 4 is 17.9 Å². The van der Waals surface area contributed by atoms with E-state index in [-0.39, 0.29) is 17.9 Å². The number of carbonyl (C=O) groups excluding carboxylic acids is 2. The van der Waals surface area contributed by atoms with E-state index < -0.39 is 17.9 Å². The Morgan fingerprint density at radius 1 is 1.21 bits per heavy atom. The Morgan fingerprint density at radius 2 is 1.93 bits per heavy atom.